The number of hydrogen-bond acceptors (Lipinski definition) is 6. The number of carbonyl (C=O) groups excluding carboxylic acids is 2. The maximum Gasteiger partial charge on any atom is 0.350 e. The molecule has 1 aromatic heterocycles. The second-order valence-corrected chi connectivity index (χ2v) is 8.21. The lowest BCUT2D eigenvalue weighted by atomic mass is 10.2. The van der Waals surface area contributed by atoms with Crippen LogP contribution >= 0.6 is 22.9 Å². The molecule has 6 nitrogen and oxygen atoms in total. The highest BCUT2D eigenvalue weighted by atomic mass is 35.5. The molecule has 0 N–H and O–H groups in total. The maximum atomic E-state index is 13.3. The van der Waals surface area contributed by atoms with Gasteiger partial charge in [0.15, 0.2) is 5.13 Å². The molecular formula is C23H22ClFN2O4S. The van der Waals surface area contributed by atoms with Gasteiger partial charge in [-0.3, -0.25) is 9.69 Å². The molecule has 1 amide bonds. The molecule has 2 aromatic carbocycles. The zero-order chi connectivity index (χ0) is 23.1. The normalized spacial score (nSPS) is 10.8. The number of ether oxygens (including phenoxy) is 2. The van der Waals surface area contributed by atoms with Crippen LogP contribution in [0.15, 0.2) is 48.5 Å². The van der Waals surface area contributed by atoms with Gasteiger partial charge in [0, 0.05) is 5.02 Å². The van der Waals surface area contributed by atoms with Crippen molar-refractivity contribution in [3.8, 4) is 0 Å². The largest absolute Gasteiger partial charge is 0.462 e. The van der Waals surface area contributed by atoms with E-state index in [1.165, 1.54) is 17.0 Å². The minimum absolute atomic E-state index is 0.143. The first-order valence-corrected chi connectivity index (χ1v) is 11.1. The molecule has 0 spiro atoms. The number of carbonyl (C=O) groups is 2. The van der Waals surface area contributed by atoms with Crippen LogP contribution in [0, 0.1) is 12.7 Å². The van der Waals surface area contributed by atoms with Crippen LogP contribution in [0.25, 0.3) is 0 Å². The Bertz CT molecular complexity index is 1090. The third-order valence-electron chi connectivity index (χ3n) is 4.47. The van der Waals surface area contributed by atoms with Crippen molar-refractivity contribution in [3.63, 3.8) is 0 Å². The molecule has 32 heavy (non-hydrogen) atoms. The molecule has 0 fully saturated rings. The number of benzene rings is 2. The molecule has 0 unspecified atom stereocenters. The molecule has 3 rings (SSSR count). The molecule has 3 aromatic rings. The number of anilines is 1. The van der Waals surface area contributed by atoms with E-state index in [-0.39, 0.29) is 38.1 Å². The molecular weight excluding hydrogens is 455 g/mol. The van der Waals surface area contributed by atoms with E-state index in [0.29, 0.717) is 26.3 Å². The van der Waals surface area contributed by atoms with E-state index in [1.54, 1.807) is 32.0 Å². The van der Waals surface area contributed by atoms with E-state index < -0.39 is 5.97 Å². The van der Waals surface area contributed by atoms with Crippen LogP contribution in [0.4, 0.5) is 9.52 Å². The fourth-order valence-electron chi connectivity index (χ4n) is 2.86. The van der Waals surface area contributed by atoms with Gasteiger partial charge in [-0.15, -0.1) is 0 Å². The number of halogens is 2. The minimum atomic E-state index is -0.488. The molecule has 0 atom stereocenters. The minimum Gasteiger partial charge on any atom is -0.462 e. The molecule has 0 aliphatic heterocycles. The van der Waals surface area contributed by atoms with Gasteiger partial charge in [-0.1, -0.05) is 53.3 Å². The number of thiazole rings is 1. The van der Waals surface area contributed by atoms with Gasteiger partial charge in [0.25, 0.3) is 5.91 Å². The van der Waals surface area contributed by atoms with Gasteiger partial charge in [-0.05, 0) is 43.2 Å². The van der Waals surface area contributed by atoms with Crippen molar-refractivity contribution in [2.75, 3.05) is 18.1 Å². The van der Waals surface area contributed by atoms with Crippen molar-refractivity contribution < 1.29 is 23.5 Å². The number of nitrogens with zero attached hydrogens (tertiary/aromatic N) is 2. The third-order valence-corrected chi connectivity index (χ3v) is 6.00. The van der Waals surface area contributed by atoms with Gasteiger partial charge >= 0.3 is 5.97 Å². The summed E-state index contributed by atoms with van der Waals surface area (Å²) in [4.78, 5) is 31.4. The molecule has 0 bridgehead atoms. The molecule has 0 aliphatic carbocycles. The molecule has 0 radical (unpaired) electrons. The Morgan fingerprint density at radius 1 is 1.16 bits per heavy atom. The van der Waals surface area contributed by atoms with Crippen LogP contribution in [-0.4, -0.2) is 30.1 Å². The van der Waals surface area contributed by atoms with Crippen LogP contribution < -0.4 is 4.90 Å². The lowest BCUT2D eigenvalue weighted by Gasteiger charge is -2.20. The van der Waals surface area contributed by atoms with E-state index in [1.807, 2.05) is 18.2 Å². The van der Waals surface area contributed by atoms with E-state index in [9.17, 15) is 14.0 Å². The Kier molecular flexibility index (Phi) is 8.33. The fourth-order valence-corrected chi connectivity index (χ4v) is 4.03. The summed E-state index contributed by atoms with van der Waals surface area (Å²) >= 11 is 7.20. The zero-order valence-corrected chi connectivity index (χ0v) is 19.2. The SMILES string of the molecule is CCOC(=O)c1sc(N(Cc2ccc(F)cc2)C(=O)COCc2ccccc2Cl)nc1C. The van der Waals surface area contributed by atoms with Crippen LogP contribution in [0.1, 0.15) is 33.4 Å². The lowest BCUT2D eigenvalue weighted by molar-refractivity contribution is -0.123. The van der Waals surface area contributed by atoms with E-state index in [4.69, 9.17) is 21.1 Å². The summed E-state index contributed by atoms with van der Waals surface area (Å²) < 4.78 is 24.0. The Hall–Kier alpha value is -2.81. The van der Waals surface area contributed by atoms with Crippen molar-refractivity contribution >= 4 is 39.9 Å². The average molecular weight is 477 g/mol. The second kappa shape index (κ2) is 11.2. The first kappa shape index (κ1) is 23.8. The maximum absolute atomic E-state index is 13.3. The van der Waals surface area contributed by atoms with Gasteiger partial charge in [0.1, 0.15) is 17.3 Å². The van der Waals surface area contributed by atoms with Gasteiger partial charge in [-0.2, -0.15) is 0 Å². The van der Waals surface area contributed by atoms with Crippen LogP contribution in [-0.2, 0) is 27.4 Å². The average Bonchev–Trinajstić information content (AvgIpc) is 3.16. The summed E-state index contributed by atoms with van der Waals surface area (Å²) in [5.74, 6) is -1.21. The van der Waals surface area contributed by atoms with Crippen LogP contribution in [0.2, 0.25) is 5.02 Å². The van der Waals surface area contributed by atoms with Crippen molar-refractivity contribution in [2.24, 2.45) is 0 Å². The van der Waals surface area contributed by atoms with Crippen molar-refractivity contribution in [3.05, 3.63) is 81.1 Å². The first-order chi connectivity index (χ1) is 15.4. The molecule has 1 heterocycles. The number of esters is 1. The first-order valence-electron chi connectivity index (χ1n) is 9.89. The quantitative estimate of drug-likeness (QED) is 0.398. The van der Waals surface area contributed by atoms with Crippen molar-refractivity contribution in [2.45, 2.75) is 27.0 Å². The predicted octanol–water partition coefficient (Wildman–Crippen LogP) is 5.17. The standard InChI is InChI=1S/C23H22ClFN2O4S/c1-3-31-22(29)21-15(2)26-23(32-21)27(12-16-8-10-18(25)11-9-16)20(28)14-30-13-17-6-4-5-7-19(17)24/h4-11H,3,12-14H2,1-2H3. The Labute approximate surface area is 194 Å². The summed E-state index contributed by atoms with van der Waals surface area (Å²) in [7, 11) is 0. The van der Waals surface area contributed by atoms with Crippen LogP contribution in [0.5, 0.6) is 0 Å². The van der Waals surface area contributed by atoms with E-state index in [0.717, 1.165) is 16.9 Å². The summed E-state index contributed by atoms with van der Waals surface area (Å²) in [6, 6.07) is 13.0. The molecule has 168 valence electrons. The Morgan fingerprint density at radius 3 is 2.56 bits per heavy atom. The molecule has 0 saturated carbocycles. The second-order valence-electron chi connectivity index (χ2n) is 6.82. The highest BCUT2D eigenvalue weighted by molar-refractivity contribution is 7.17. The van der Waals surface area contributed by atoms with Gasteiger partial charge in [0.2, 0.25) is 0 Å². The van der Waals surface area contributed by atoms with Gasteiger partial charge in [-0.25, -0.2) is 14.2 Å². The summed E-state index contributed by atoms with van der Waals surface area (Å²) in [6.45, 7) is 3.72. The summed E-state index contributed by atoms with van der Waals surface area (Å²) in [5, 5.41) is 0.888. The Balaban J connectivity index is 1.79. The number of rotatable bonds is 9. The summed E-state index contributed by atoms with van der Waals surface area (Å²) in [6.07, 6.45) is 0. The number of aromatic nitrogens is 1. The third kappa shape index (κ3) is 6.12. The van der Waals surface area contributed by atoms with Gasteiger partial charge in [0.05, 0.1) is 25.5 Å². The number of amides is 1. The van der Waals surface area contributed by atoms with Crippen molar-refractivity contribution in [1.82, 2.24) is 4.98 Å². The van der Waals surface area contributed by atoms with Crippen LogP contribution in [0.3, 0.4) is 0 Å². The predicted molar refractivity (Wildman–Crippen MR) is 122 cm³/mol. The number of hydrogen-bond donors (Lipinski definition) is 0. The van der Waals surface area contributed by atoms with Gasteiger partial charge < -0.3 is 9.47 Å². The molecule has 0 aliphatic rings. The summed E-state index contributed by atoms with van der Waals surface area (Å²) in [5.41, 5.74) is 1.94. The monoisotopic (exact) mass is 476 g/mol. The molecule has 0 saturated heterocycles. The smallest absolute Gasteiger partial charge is 0.350 e. The fraction of sp³-hybridized carbons (Fsp3) is 0.261. The topological polar surface area (TPSA) is 68.7 Å². The number of aryl methyl sites for hydroxylation is 1. The molecule has 9 heteroatoms. The lowest BCUT2D eigenvalue weighted by Crippen LogP contribution is -2.33. The van der Waals surface area contributed by atoms with E-state index >= 15 is 0 Å². The Morgan fingerprint density at radius 2 is 1.88 bits per heavy atom. The highest BCUT2D eigenvalue weighted by Gasteiger charge is 2.24. The van der Waals surface area contributed by atoms with Crippen molar-refractivity contribution in [1.29, 1.82) is 0 Å². The van der Waals surface area contributed by atoms with E-state index in [2.05, 4.69) is 4.98 Å². The zero-order valence-electron chi connectivity index (χ0n) is 17.6. The highest BCUT2D eigenvalue weighted by Crippen LogP contribution is 2.28.